The number of methoxy groups -OCH3 is 1. The van der Waals surface area contributed by atoms with Crippen LogP contribution in [-0.2, 0) is 14.3 Å². The lowest BCUT2D eigenvalue weighted by atomic mass is 9.86. The van der Waals surface area contributed by atoms with Crippen LogP contribution in [0, 0.1) is 5.41 Å². The van der Waals surface area contributed by atoms with Crippen LogP contribution in [0.3, 0.4) is 0 Å². The van der Waals surface area contributed by atoms with Crippen molar-refractivity contribution in [1.29, 1.82) is 0 Å². The third kappa shape index (κ3) is 3.15. The van der Waals surface area contributed by atoms with Crippen molar-refractivity contribution in [2.75, 3.05) is 54.1 Å². The highest BCUT2D eigenvalue weighted by Gasteiger charge is 2.46. The zero-order valence-corrected chi connectivity index (χ0v) is 9.71. The second-order valence-electron chi connectivity index (χ2n) is 4.24. The molecule has 1 heterocycles. The van der Waals surface area contributed by atoms with Crippen LogP contribution in [0.15, 0.2) is 0 Å². The minimum absolute atomic E-state index is 0.175. The zero-order chi connectivity index (χ0) is 11.3. The van der Waals surface area contributed by atoms with Gasteiger partial charge in [0.25, 0.3) is 0 Å². The number of carbonyl (C=O) groups excluding carboxylic acids is 1. The van der Waals surface area contributed by atoms with Gasteiger partial charge in [-0.3, -0.25) is 4.79 Å². The van der Waals surface area contributed by atoms with E-state index in [1.807, 2.05) is 14.1 Å². The Labute approximate surface area is 90.7 Å². The molecule has 0 aromatic carbocycles. The molecule has 0 aromatic rings. The van der Waals surface area contributed by atoms with Gasteiger partial charge in [0.2, 0.25) is 0 Å². The van der Waals surface area contributed by atoms with Crippen LogP contribution in [0.4, 0.5) is 0 Å². The Morgan fingerprint density at radius 1 is 1.53 bits per heavy atom. The average molecular weight is 216 g/mol. The first-order valence-corrected chi connectivity index (χ1v) is 5.12. The Morgan fingerprint density at radius 3 is 2.60 bits per heavy atom. The SMILES string of the molecule is COC(=O)C1(CNCCN(C)C)COC1. The fourth-order valence-electron chi connectivity index (χ4n) is 1.49. The molecule has 0 aromatic heterocycles. The van der Waals surface area contributed by atoms with E-state index >= 15 is 0 Å². The van der Waals surface area contributed by atoms with Crippen LogP contribution in [-0.4, -0.2) is 64.9 Å². The quantitative estimate of drug-likeness (QED) is 0.471. The number of ether oxygens (including phenoxy) is 2. The first kappa shape index (κ1) is 12.4. The van der Waals surface area contributed by atoms with Gasteiger partial charge in [-0.1, -0.05) is 0 Å². The van der Waals surface area contributed by atoms with Crippen molar-refractivity contribution in [1.82, 2.24) is 10.2 Å². The molecular formula is C10H20N2O3. The monoisotopic (exact) mass is 216 g/mol. The highest BCUT2D eigenvalue weighted by Crippen LogP contribution is 2.27. The summed E-state index contributed by atoms with van der Waals surface area (Å²) < 4.78 is 9.85. The van der Waals surface area contributed by atoms with Crippen molar-refractivity contribution in [2.24, 2.45) is 5.41 Å². The maximum Gasteiger partial charge on any atom is 0.317 e. The maximum absolute atomic E-state index is 11.5. The molecule has 5 nitrogen and oxygen atoms in total. The smallest absolute Gasteiger partial charge is 0.317 e. The van der Waals surface area contributed by atoms with E-state index in [0.29, 0.717) is 19.8 Å². The van der Waals surface area contributed by atoms with Crippen molar-refractivity contribution in [3.63, 3.8) is 0 Å². The predicted molar refractivity (Wildman–Crippen MR) is 56.7 cm³/mol. The topological polar surface area (TPSA) is 50.8 Å². The second-order valence-corrected chi connectivity index (χ2v) is 4.24. The first-order chi connectivity index (χ1) is 7.10. The highest BCUT2D eigenvalue weighted by molar-refractivity contribution is 5.78. The summed E-state index contributed by atoms with van der Waals surface area (Å²) in [6.45, 7) is 3.39. The van der Waals surface area contributed by atoms with Crippen molar-refractivity contribution in [3.8, 4) is 0 Å². The molecule has 0 atom stereocenters. The molecule has 1 N–H and O–H groups in total. The van der Waals surface area contributed by atoms with E-state index in [1.54, 1.807) is 0 Å². The summed E-state index contributed by atoms with van der Waals surface area (Å²) >= 11 is 0. The van der Waals surface area contributed by atoms with E-state index in [1.165, 1.54) is 7.11 Å². The Balaban J connectivity index is 2.25. The van der Waals surface area contributed by atoms with Crippen molar-refractivity contribution < 1.29 is 14.3 Å². The summed E-state index contributed by atoms with van der Waals surface area (Å²) in [4.78, 5) is 13.6. The molecule has 15 heavy (non-hydrogen) atoms. The normalized spacial score (nSPS) is 18.7. The molecule has 1 aliphatic rings. The Kier molecular flexibility index (Phi) is 4.50. The van der Waals surface area contributed by atoms with Gasteiger partial charge in [-0.2, -0.15) is 0 Å². The summed E-state index contributed by atoms with van der Waals surface area (Å²) in [6, 6.07) is 0. The van der Waals surface area contributed by atoms with Gasteiger partial charge < -0.3 is 19.7 Å². The summed E-state index contributed by atoms with van der Waals surface area (Å²) in [5.74, 6) is -0.175. The Bertz CT molecular complexity index is 215. The number of rotatable bonds is 6. The minimum Gasteiger partial charge on any atom is -0.468 e. The van der Waals surface area contributed by atoms with Crippen LogP contribution in [0.5, 0.6) is 0 Å². The molecule has 1 saturated heterocycles. The average Bonchev–Trinajstić information content (AvgIpc) is 2.14. The number of hydrogen-bond acceptors (Lipinski definition) is 5. The minimum atomic E-state index is -0.443. The van der Waals surface area contributed by atoms with Crippen LogP contribution < -0.4 is 5.32 Å². The lowest BCUT2D eigenvalue weighted by Crippen LogP contribution is -2.56. The molecule has 0 unspecified atom stereocenters. The molecule has 1 fully saturated rings. The fourth-order valence-corrected chi connectivity index (χ4v) is 1.49. The summed E-state index contributed by atoms with van der Waals surface area (Å²) in [5, 5.41) is 3.25. The summed E-state index contributed by atoms with van der Waals surface area (Å²) in [6.07, 6.45) is 0. The Morgan fingerprint density at radius 2 is 2.20 bits per heavy atom. The first-order valence-electron chi connectivity index (χ1n) is 5.12. The van der Waals surface area contributed by atoms with Gasteiger partial charge in [-0.15, -0.1) is 0 Å². The third-order valence-corrected chi connectivity index (χ3v) is 2.57. The highest BCUT2D eigenvalue weighted by atomic mass is 16.5. The van der Waals surface area contributed by atoms with Gasteiger partial charge in [-0.05, 0) is 14.1 Å². The fraction of sp³-hybridized carbons (Fsp3) is 0.900. The zero-order valence-electron chi connectivity index (χ0n) is 9.71. The molecular weight excluding hydrogens is 196 g/mol. The predicted octanol–water partition coefficient (Wildman–Crippen LogP) is -0.673. The molecule has 1 aliphatic heterocycles. The number of hydrogen-bond donors (Lipinski definition) is 1. The number of nitrogens with zero attached hydrogens (tertiary/aromatic N) is 1. The maximum atomic E-state index is 11.5. The van der Waals surface area contributed by atoms with E-state index in [0.717, 1.165) is 13.1 Å². The van der Waals surface area contributed by atoms with Crippen LogP contribution in [0.2, 0.25) is 0 Å². The van der Waals surface area contributed by atoms with Crippen molar-refractivity contribution in [3.05, 3.63) is 0 Å². The van der Waals surface area contributed by atoms with E-state index in [-0.39, 0.29) is 5.97 Å². The molecule has 0 saturated carbocycles. The van der Waals surface area contributed by atoms with Crippen LogP contribution in [0.25, 0.3) is 0 Å². The van der Waals surface area contributed by atoms with E-state index in [4.69, 9.17) is 9.47 Å². The molecule has 5 heteroatoms. The molecule has 0 spiro atoms. The summed E-state index contributed by atoms with van der Waals surface area (Å²) in [5.41, 5.74) is -0.443. The molecule has 88 valence electrons. The molecule has 0 radical (unpaired) electrons. The number of likely N-dealkylation sites (N-methyl/N-ethyl adjacent to an activating group) is 1. The van der Waals surface area contributed by atoms with E-state index in [2.05, 4.69) is 10.2 Å². The van der Waals surface area contributed by atoms with Crippen LogP contribution >= 0.6 is 0 Å². The number of nitrogens with one attached hydrogen (secondary N) is 1. The van der Waals surface area contributed by atoms with E-state index < -0.39 is 5.41 Å². The lowest BCUT2D eigenvalue weighted by molar-refractivity contribution is -0.182. The lowest BCUT2D eigenvalue weighted by Gasteiger charge is -2.38. The third-order valence-electron chi connectivity index (χ3n) is 2.57. The van der Waals surface area contributed by atoms with E-state index in [9.17, 15) is 4.79 Å². The summed E-state index contributed by atoms with van der Waals surface area (Å²) in [7, 11) is 5.46. The van der Waals surface area contributed by atoms with Gasteiger partial charge in [-0.25, -0.2) is 0 Å². The molecule has 0 aliphatic carbocycles. The largest absolute Gasteiger partial charge is 0.468 e. The van der Waals surface area contributed by atoms with Gasteiger partial charge in [0, 0.05) is 19.6 Å². The van der Waals surface area contributed by atoms with Gasteiger partial charge in [0.05, 0.1) is 20.3 Å². The second kappa shape index (κ2) is 5.44. The van der Waals surface area contributed by atoms with Crippen LogP contribution in [0.1, 0.15) is 0 Å². The standard InChI is InChI=1S/C10H20N2O3/c1-12(2)5-4-11-6-10(7-15-8-10)9(13)14-3/h11H,4-8H2,1-3H3. The molecule has 1 rings (SSSR count). The molecule has 0 amide bonds. The van der Waals surface area contributed by atoms with Gasteiger partial charge >= 0.3 is 5.97 Å². The van der Waals surface area contributed by atoms with Gasteiger partial charge in [0.1, 0.15) is 5.41 Å². The van der Waals surface area contributed by atoms with Crippen molar-refractivity contribution in [2.45, 2.75) is 0 Å². The van der Waals surface area contributed by atoms with Crippen molar-refractivity contribution >= 4 is 5.97 Å². The Hall–Kier alpha value is -0.650. The molecule has 0 bridgehead atoms. The number of carbonyl (C=O) groups is 1. The van der Waals surface area contributed by atoms with Gasteiger partial charge in [0.15, 0.2) is 0 Å². The number of esters is 1.